The van der Waals surface area contributed by atoms with Gasteiger partial charge in [0.1, 0.15) is 6.04 Å². The SMILES string of the molecule is COc1cccc(C(CN2C(=O)C(C)NC2=S)c2c[nH]c3ccccc23)c1OC. The normalized spacial score (nSPS) is 17.5. The molecule has 7 heteroatoms. The van der Waals surface area contributed by atoms with Crippen molar-refractivity contribution in [3.63, 3.8) is 0 Å². The Bertz CT molecular complexity index is 1080. The highest BCUT2D eigenvalue weighted by molar-refractivity contribution is 7.80. The Labute approximate surface area is 174 Å². The minimum Gasteiger partial charge on any atom is -0.493 e. The largest absolute Gasteiger partial charge is 0.493 e. The van der Waals surface area contributed by atoms with Gasteiger partial charge in [-0.1, -0.05) is 30.3 Å². The lowest BCUT2D eigenvalue weighted by molar-refractivity contribution is -0.126. The van der Waals surface area contributed by atoms with Gasteiger partial charge in [-0.25, -0.2) is 0 Å². The number of ether oxygens (including phenoxy) is 2. The Morgan fingerprint density at radius 3 is 2.59 bits per heavy atom. The van der Waals surface area contributed by atoms with Gasteiger partial charge < -0.3 is 19.8 Å². The molecule has 2 N–H and O–H groups in total. The molecule has 0 spiro atoms. The number of hydrogen-bond donors (Lipinski definition) is 2. The quantitative estimate of drug-likeness (QED) is 0.611. The Balaban J connectivity index is 1.87. The van der Waals surface area contributed by atoms with Crippen molar-refractivity contribution in [3.05, 3.63) is 59.8 Å². The molecule has 0 aliphatic carbocycles. The van der Waals surface area contributed by atoms with Gasteiger partial charge in [0, 0.05) is 35.1 Å². The Kier molecular flexibility index (Phi) is 5.15. The fourth-order valence-electron chi connectivity index (χ4n) is 3.95. The smallest absolute Gasteiger partial charge is 0.251 e. The lowest BCUT2D eigenvalue weighted by Crippen LogP contribution is -2.35. The number of fused-ring (bicyclic) bond motifs is 1. The molecule has 2 atom stereocenters. The molecule has 0 radical (unpaired) electrons. The summed E-state index contributed by atoms with van der Waals surface area (Å²) in [5.41, 5.74) is 3.05. The summed E-state index contributed by atoms with van der Waals surface area (Å²) < 4.78 is 11.2. The average molecular weight is 410 g/mol. The van der Waals surface area contributed by atoms with Gasteiger partial charge >= 0.3 is 0 Å². The second kappa shape index (κ2) is 7.75. The third-order valence-corrected chi connectivity index (χ3v) is 5.73. The van der Waals surface area contributed by atoms with Gasteiger partial charge in [-0.2, -0.15) is 0 Å². The van der Waals surface area contributed by atoms with Crippen molar-refractivity contribution in [3.8, 4) is 11.5 Å². The number of aromatic amines is 1. The lowest BCUT2D eigenvalue weighted by Gasteiger charge is -2.25. The van der Waals surface area contributed by atoms with Gasteiger partial charge in [0.05, 0.1) is 14.2 Å². The van der Waals surface area contributed by atoms with Gasteiger partial charge in [-0.05, 0) is 36.8 Å². The number of carbonyl (C=O) groups is 1. The molecular formula is C22H23N3O3S. The number of benzene rings is 2. The van der Waals surface area contributed by atoms with E-state index in [0.29, 0.717) is 23.2 Å². The summed E-state index contributed by atoms with van der Waals surface area (Å²) in [7, 11) is 3.25. The number of amides is 1. The topological polar surface area (TPSA) is 66.6 Å². The number of aromatic nitrogens is 1. The summed E-state index contributed by atoms with van der Waals surface area (Å²) >= 11 is 5.43. The molecule has 1 fully saturated rings. The highest BCUT2D eigenvalue weighted by Crippen LogP contribution is 2.41. The van der Waals surface area contributed by atoms with Crippen LogP contribution in [-0.4, -0.2) is 47.7 Å². The van der Waals surface area contributed by atoms with E-state index in [1.165, 1.54) is 0 Å². The second-order valence-corrected chi connectivity index (χ2v) is 7.43. The van der Waals surface area contributed by atoms with Crippen LogP contribution in [-0.2, 0) is 4.79 Å². The van der Waals surface area contributed by atoms with Crippen LogP contribution in [0.3, 0.4) is 0 Å². The average Bonchev–Trinajstić information content (AvgIpc) is 3.26. The summed E-state index contributed by atoms with van der Waals surface area (Å²) in [5.74, 6) is 1.12. The van der Waals surface area contributed by atoms with E-state index in [0.717, 1.165) is 22.0 Å². The number of hydrogen-bond acceptors (Lipinski definition) is 4. The summed E-state index contributed by atoms with van der Waals surface area (Å²) in [6.45, 7) is 2.22. The number of methoxy groups -OCH3 is 2. The van der Waals surface area contributed by atoms with Crippen molar-refractivity contribution in [1.82, 2.24) is 15.2 Å². The molecule has 1 aliphatic heterocycles. The van der Waals surface area contributed by atoms with E-state index < -0.39 is 0 Å². The summed E-state index contributed by atoms with van der Waals surface area (Å²) in [5, 5.41) is 4.60. The van der Waals surface area contributed by atoms with E-state index in [2.05, 4.69) is 16.4 Å². The molecule has 29 heavy (non-hydrogen) atoms. The molecular weight excluding hydrogens is 386 g/mol. The number of H-pyrrole nitrogens is 1. The third kappa shape index (κ3) is 3.31. The molecule has 1 aliphatic rings. The van der Waals surface area contributed by atoms with Gasteiger partial charge in [-0.3, -0.25) is 9.69 Å². The molecule has 2 aromatic carbocycles. The van der Waals surface area contributed by atoms with Crippen LogP contribution < -0.4 is 14.8 Å². The minimum atomic E-state index is -0.321. The molecule has 2 unspecified atom stereocenters. The number of nitrogens with zero attached hydrogens (tertiary/aromatic N) is 1. The van der Waals surface area contributed by atoms with E-state index in [1.54, 1.807) is 19.1 Å². The van der Waals surface area contributed by atoms with Crippen LogP contribution in [0.25, 0.3) is 10.9 Å². The maximum Gasteiger partial charge on any atom is 0.251 e. The second-order valence-electron chi connectivity index (χ2n) is 7.04. The van der Waals surface area contributed by atoms with Crippen molar-refractivity contribution in [2.45, 2.75) is 18.9 Å². The van der Waals surface area contributed by atoms with Crippen LogP contribution in [0.15, 0.2) is 48.7 Å². The first-order valence-electron chi connectivity index (χ1n) is 9.44. The molecule has 1 amide bonds. The molecule has 0 saturated carbocycles. The van der Waals surface area contributed by atoms with Crippen molar-refractivity contribution in [1.29, 1.82) is 0 Å². The Morgan fingerprint density at radius 1 is 1.10 bits per heavy atom. The molecule has 6 nitrogen and oxygen atoms in total. The highest BCUT2D eigenvalue weighted by atomic mass is 32.1. The van der Waals surface area contributed by atoms with Crippen LogP contribution in [0, 0.1) is 0 Å². The van der Waals surface area contributed by atoms with Crippen LogP contribution in [0.2, 0.25) is 0 Å². The monoisotopic (exact) mass is 409 g/mol. The predicted molar refractivity (Wildman–Crippen MR) is 117 cm³/mol. The lowest BCUT2D eigenvalue weighted by atomic mass is 9.89. The van der Waals surface area contributed by atoms with Gasteiger partial charge in [0.15, 0.2) is 16.6 Å². The number of carbonyl (C=O) groups excluding carboxylic acids is 1. The number of thiocarbonyl (C=S) groups is 1. The summed E-state index contributed by atoms with van der Waals surface area (Å²) in [4.78, 5) is 17.7. The zero-order valence-electron chi connectivity index (χ0n) is 16.6. The first kappa shape index (κ1) is 19.3. The van der Waals surface area contributed by atoms with Gasteiger partial charge in [0.25, 0.3) is 5.91 Å². The van der Waals surface area contributed by atoms with Crippen molar-refractivity contribution in [2.24, 2.45) is 0 Å². The summed E-state index contributed by atoms with van der Waals surface area (Å²) in [6.07, 6.45) is 1.99. The molecule has 4 rings (SSSR count). The van der Waals surface area contributed by atoms with Gasteiger partial charge in [0.2, 0.25) is 0 Å². The van der Waals surface area contributed by atoms with Crippen molar-refractivity contribution >= 4 is 34.1 Å². The number of rotatable bonds is 6. The number of para-hydroxylation sites is 2. The zero-order chi connectivity index (χ0) is 20.5. The van der Waals surface area contributed by atoms with Crippen LogP contribution in [0.5, 0.6) is 11.5 Å². The van der Waals surface area contributed by atoms with E-state index in [-0.39, 0.29) is 17.9 Å². The van der Waals surface area contributed by atoms with E-state index in [4.69, 9.17) is 21.7 Å². The zero-order valence-corrected chi connectivity index (χ0v) is 17.4. The minimum absolute atomic E-state index is 0.0262. The van der Waals surface area contributed by atoms with Gasteiger partial charge in [-0.15, -0.1) is 0 Å². The molecule has 2 heterocycles. The molecule has 3 aromatic rings. The van der Waals surface area contributed by atoms with Crippen molar-refractivity contribution < 1.29 is 14.3 Å². The van der Waals surface area contributed by atoms with E-state index >= 15 is 0 Å². The van der Waals surface area contributed by atoms with Crippen molar-refractivity contribution in [2.75, 3.05) is 20.8 Å². The maximum atomic E-state index is 12.7. The molecule has 0 bridgehead atoms. The van der Waals surface area contributed by atoms with Crippen LogP contribution in [0.4, 0.5) is 0 Å². The first-order valence-corrected chi connectivity index (χ1v) is 9.84. The fourth-order valence-corrected chi connectivity index (χ4v) is 4.29. The third-order valence-electron chi connectivity index (χ3n) is 5.39. The van der Waals surface area contributed by atoms with E-state index in [9.17, 15) is 4.79 Å². The Hall–Kier alpha value is -3.06. The summed E-state index contributed by atoms with van der Waals surface area (Å²) in [6, 6.07) is 13.6. The maximum absolute atomic E-state index is 12.7. The fraction of sp³-hybridized carbons (Fsp3) is 0.273. The highest BCUT2D eigenvalue weighted by Gasteiger charge is 2.36. The first-order chi connectivity index (χ1) is 14.0. The van der Waals surface area contributed by atoms with E-state index in [1.807, 2.05) is 49.5 Å². The van der Waals surface area contributed by atoms with Crippen LogP contribution >= 0.6 is 12.2 Å². The van der Waals surface area contributed by atoms with Crippen LogP contribution in [0.1, 0.15) is 24.0 Å². The molecule has 150 valence electrons. The molecule has 1 saturated heterocycles. The predicted octanol–water partition coefficient (Wildman–Crippen LogP) is 3.42. The Morgan fingerprint density at radius 2 is 1.90 bits per heavy atom. The standard InChI is InChI=1S/C22H23N3O3S/c1-13-21(26)25(22(29)24-13)12-17(15-8-6-10-19(27-2)20(15)28-3)16-11-23-18-9-5-4-7-14(16)18/h4-11,13,17,23H,12H2,1-3H3,(H,24,29). The molecule has 1 aromatic heterocycles. The number of nitrogens with one attached hydrogen (secondary N) is 2.